The Kier molecular flexibility index (Phi) is 7.19. The van der Waals surface area contributed by atoms with Crippen LogP contribution < -0.4 is 4.90 Å². The van der Waals surface area contributed by atoms with Gasteiger partial charge in [-0.3, -0.25) is 9.59 Å². The number of esters is 2. The number of anilines is 1. The number of amides is 2. The number of halogens is 1. The van der Waals surface area contributed by atoms with Gasteiger partial charge in [-0.25, -0.2) is 14.5 Å². The number of hydrogen-bond acceptors (Lipinski definition) is 6. The Hall–Kier alpha value is -2.74. The lowest BCUT2D eigenvalue weighted by Crippen LogP contribution is -2.36. The summed E-state index contributed by atoms with van der Waals surface area (Å²) in [7, 11) is 0. The first-order valence-electron chi connectivity index (χ1n) is 10.1. The quantitative estimate of drug-likeness (QED) is 0.521. The van der Waals surface area contributed by atoms with E-state index in [2.05, 4.69) is 15.9 Å². The minimum atomic E-state index is -0.848. The van der Waals surface area contributed by atoms with E-state index >= 15 is 0 Å². The van der Waals surface area contributed by atoms with Crippen molar-refractivity contribution in [2.24, 2.45) is 0 Å². The molecule has 2 aliphatic carbocycles. The largest absolute Gasteiger partial charge is 0.456 e. The molecule has 0 atom stereocenters. The lowest BCUT2D eigenvalue weighted by atomic mass is 10.1. The predicted molar refractivity (Wildman–Crippen MR) is 125 cm³/mol. The Balaban J connectivity index is 3.03. The molecule has 0 aromatic carbocycles. The third-order valence-electron chi connectivity index (χ3n) is 4.18. The first-order valence-corrected chi connectivity index (χ1v) is 10.9. The second-order valence-corrected chi connectivity index (χ2v) is 10.3. The van der Waals surface area contributed by atoms with Crippen molar-refractivity contribution in [1.29, 1.82) is 0 Å². The van der Waals surface area contributed by atoms with Crippen LogP contribution in [-0.4, -0.2) is 35.0 Å². The Morgan fingerprint density at radius 1 is 0.719 bits per heavy atom. The first-order chi connectivity index (χ1) is 14.5. The second kappa shape index (κ2) is 9.02. The van der Waals surface area contributed by atoms with Crippen LogP contribution >= 0.6 is 15.9 Å². The summed E-state index contributed by atoms with van der Waals surface area (Å²) in [6, 6.07) is 6.67. The van der Waals surface area contributed by atoms with Crippen LogP contribution in [0.1, 0.15) is 76.1 Å². The fourth-order valence-corrected chi connectivity index (χ4v) is 3.47. The molecule has 2 aliphatic rings. The number of carbonyl (C=O) groups is 4. The molecule has 0 saturated carbocycles. The standard InChI is InChI=1S/C24H28BrNO6/c1-13(27)26(14(2)28)20-18(21(29)31-23(3,4)5)16-11-9-15(25)10-12-17(16)19(20)22(30)32-24(6,7)8/h9-12H,1-8H3. The molecule has 8 heteroatoms. The maximum Gasteiger partial charge on any atom is 0.341 e. The van der Waals surface area contributed by atoms with Gasteiger partial charge in [-0.15, -0.1) is 0 Å². The fraction of sp³-hybridized carbons (Fsp3) is 0.417. The molecular weight excluding hydrogens is 478 g/mol. The van der Waals surface area contributed by atoms with Crippen molar-refractivity contribution in [2.45, 2.75) is 66.6 Å². The van der Waals surface area contributed by atoms with E-state index in [1.807, 2.05) is 0 Å². The Morgan fingerprint density at radius 3 is 1.34 bits per heavy atom. The number of imide groups is 1. The van der Waals surface area contributed by atoms with Gasteiger partial charge < -0.3 is 9.47 Å². The Labute approximate surface area is 196 Å². The zero-order valence-corrected chi connectivity index (χ0v) is 21.2. The average molecular weight is 506 g/mol. The molecule has 0 aromatic rings. The maximum atomic E-state index is 13.3. The van der Waals surface area contributed by atoms with Gasteiger partial charge in [0.25, 0.3) is 0 Å². The molecule has 0 fully saturated rings. The van der Waals surface area contributed by atoms with Gasteiger partial charge in [0.1, 0.15) is 11.2 Å². The molecule has 172 valence electrons. The van der Waals surface area contributed by atoms with E-state index in [1.165, 1.54) is 13.8 Å². The van der Waals surface area contributed by atoms with Gasteiger partial charge in [0.15, 0.2) is 0 Å². The molecule has 0 aromatic heterocycles. The van der Waals surface area contributed by atoms with Gasteiger partial charge in [0.05, 0.1) is 16.8 Å². The summed E-state index contributed by atoms with van der Waals surface area (Å²) in [5.41, 5.74) is -1.22. The minimum Gasteiger partial charge on any atom is -0.456 e. The van der Waals surface area contributed by atoms with Gasteiger partial charge >= 0.3 is 11.9 Å². The highest BCUT2D eigenvalue weighted by Gasteiger charge is 2.39. The smallest absolute Gasteiger partial charge is 0.341 e. The second-order valence-electron chi connectivity index (χ2n) is 9.35. The van der Waals surface area contributed by atoms with E-state index in [0.717, 1.165) is 4.90 Å². The van der Waals surface area contributed by atoms with Crippen LogP contribution in [0, 0.1) is 0 Å². The lowest BCUT2D eigenvalue weighted by Gasteiger charge is -2.24. The average Bonchev–Trinajstić information content (AvgIpc) is 2.76. The molecule has 0 aliphatic heterocycles. The number of ether oxygens (including phenoxy) is 2. The normalized spacial score (nSPS) is 11.8. The molecule has 0 radical (unpaired) electrons. The molecule has 32 heavy (non-hydrogen) atoms. The van der Waals surface area contributed by atoms with Crippen molar-refractivity contribution in [1.82, 2.24) is 0 Å². The Morgan fingerprint density at radius 2 is 1.06 bits per heavy atom. The van der Waals surface area contributed by atoms with Crippen molar-refractivity contribution in [3.63, 3.8) is 0 Å². The van der Waals surface area contributed by atoms with Crippen LogP contribution in [0.4, 0.5) is 5.69 Å². The van der Waals surface area contributed by atoms with Crippen LogP contribution in [0.25, 0.3) is 11.1 Å². The molecule has 2 rings (SSSR count). The maximum absolute atomic E-state index is 13.3. The van der Waals surface area contributed by atoms with Crippen molar-refractivity contribution in [3.05, 3.63) is 39.9 Å². The molecule has 0 bridgehead atoms. The van der Waals surface area contributed by atoms with E-state index in [1.54, 1.807) is 65.8 Å². The molecule has 0 unspecified atom stereocenters. The van der Waals surface area contributed by atoms with Crippen LogP contribution in [-0.2, 0) is 19.1 Å². The van der Waals surface area contributed by atoms with Crippen LogP contribution in [0.3, 0.4) is 0 Å². The van der Waals surface area contributed by atoms with Gasteiger partial charge in [0.2, 0.25) is 11.8 Å². The van der Waals surface area contributed by atoms with Crippen molar-refractivity contribution < 1.29 is 28.7 Å². The summed E-state index contributed by atoms with van der Waals surface area (Å²) in [5.74, 6) is -2.81. The van der Waals surface area contributed by atoms with E-state index in [9.17, 15) is 19.2 Å². The van der Waals surface area contributed by atoms with E-state index in [4.69, 9.17) is 9.47 Å². The highest BCUT2D eigenvalue weighted by Crippen LogP contribution is 2.44. The zero-order chi connectivity index (χ0) is 24.6. The Bertz CT molecular complexity index is 982. The van der Waals surface area contributed by atoms with Crippen LogP contribution in [0.15, 0.2) is 28.7 Å². The van der Waals surface area contributed by atoms with E-state index < -0.39 is 35.0 Å². The summed E-state index contributed by atoms with van der Waals surface area (Å²) < 4.78 is 11.9. The van der Waals surface area contributed by atoms with Crippen LogP contribution in [0.5, 0.6) is 0 Å². The summed E-state index contributed by atoms with van der Waals surface area (Å²) in [5, 5.41) is 0. The number of carbonyl (C=O) groups excluding carboxylic acids is 4. The van der Waals surface area contributed by atoms with E-state index in [-0.39, 0.29) is 16.8 Å². The van der Waals surface area contributed by atoms with Gasteiger partial charge in [0, 0.05) is 18.3 Å². The predicted octanol–water partition coefficient (Wildman–Crippen LogP) is 5.36. The van der Waals surface area contributed by atoms with Crippen molar-refractivity contribution >= 4 is 45.4 Å². The highest BCUT2D eigenvalue weighted by molar-refractivity contribution is 9.10. The number of rotatable bonds is 3. The zero-order valence-electron chi connectivity index (χ0n) is 19.6. The molecule has 0 N–H and O–H groups in total. The van der Waals surface area contributed by atoms with Gasteiger partial charge in [-0.1, -0.05) is 28.1 Å². The molecule has 2 amide bonds. The fourth-order valence-electron chi connectivity index (χ4n) is 3.21. The monoisotopic (exact) mass is 505 g/mol. The number of hydrogen-bond donors (Lipinski definition) is 0. The highest BCUT2D eigenvalue weighted by atomic mass is 79.9. The van der Waals surface area contributed by atoms with Crippen molar-refractivity contribution in [2.75, 3.05) is 4.90 Å². The van der Waals surface area contributed by atoms with Gasteiger partial charge in [-0.05, 0) is 64.8 Å². The summed E-state index contributed by atoms with van der Waals surface area (Å²) in [6.45, 7) is 12.6. The molecule has 0 heterocycles. The SMILES string of the molecule is CC(=O)N(C(C)=O)c1c(C(=O)OC(C)(C)C)c2ccc(Br)ccc-2c1C(=O)OC(C)(C)C. The summed E-state index contributed by atoms with van der Waals surface area (Å²) in [6.07, 6.45) is 0. The van der Waals surface area contributed by atoms with Gasteiger partial charge in [-0.2, -0.15) is 0 Å². The first kappa shape index (κ1) is 25.5. The lowest BCUT2D eigenvalue weighted by molar-refractivity contribution is -0.124. The topological polar surface area (TPSA) is 90.0 Å². The molecule has 7 nitrogen and oxygen atoms in total. The molecule has 0 spiro atoms. The van der Waals surface area contributed by atoms with Crippen LogP contribution in [0.2, 0.25) is 0 Å². The number of nitrogens with zero attached hydrogens (tertiary/aromatic N) is 1. The molecular formula is C24H28BrNO6. The molecule has 0 saturated heterocycles. The summed E-state index contributed by atoms with van der Waals surface area (Å²) in [4.78, 5) is 52.4. The van der Waals surface area contributed by atoms with E-state index in [0.29, 0.717) is 15.6 Å². The third kappa shape index (κ3) is 5.73. The third-order valence-corrected chi connectivity index (χ3v) is 4.71. The minimum absolute atomic E-state index is 0.0516. The summed E-state index contributed by atoms with van der Waals surface area (Å²) >= 11 is 3.39. The number of fused-ring (bicyclic) bond motifs is 1. The van der Waals surface area contributed by atoms with Crippen molar-refractivity contribution in [3.8, 4) is 11.1 Å².